The van der Waals surface area contributed by atoms with Gasteiger partial charge in [0.25, 0.3) is 5.56 Å². The number of nitrogens with zero attached hydrogens (tertiary/aromatic N) is 3. The maximum atomic E-state index is 14.3. The summed E-state index contributed by atoms with van der Waals surface area (Å²) in [6, 6.07) is 4.44. The number of piperidine rings is 1. The first-order valence-corrected chi connectivity index (χ1v) is 10.5. The smallest absolute Gasteiger partial charge is 0.410 e. The third kappa shape index (κ3) is 3.62. The summed E-state index contributed by atoms with van der Waals surface area (Å²) in [7, 11) is 0. The molecule has 0 spiro atoms. The number of hydrogen-bond acceptors (Lipinski definition) is 4. The first-order chi connectivity index (χ1) is 14.2. The minimum absolute atomic E-state index is 0.00223. The number of carbonyl (C=O) groups is 1. The Morgan fingerprint density at radius 1 is 1.40 bits per heavy atom. The quantitative estimate of drug-likeness (QED) is 0.569. The van der Waals surface area contributed by atoms with E-state index in [0.29, 0.717) is 47.1 Å². The third-order valence-corrected chi connectivity index (χ3v) is 6.17. The van der Waals surface area contributed by atoms with Crippen LogP contribution in [-0.4, -0.2) is 44.3 Å². The number of aromatic amines is 1. The summed E-state index contributed by atoms with van der Waals surface area (Å²) < 4.78 is 22.1. The van der Waals surface area contributed by atoms with Crippen LogP contribution in [0.15, 0.2) is 40.1 Å². The molecule has 7 nitrogen and oxygen atoms in total. The molecule has 3 aromatic rings. The highest BCUT2D eigenvalue weighted by molar-refractivity contribution is 9.10. The highest BCUT2D eigenvalue weighted by Crippen LogP contribution is 2.32. The number of ether oxygens (including phenoxy) is 1. The molecule has 1 saturated heterocycles. The van der Waals surface area contributed by atoms with E-state index >= 15 is 0 Å². The van der Waals surface area contributed by atoms with Gasteiger partial charge in [-0.3, -0.25) is 4.79 Å². The van der Waals surface area contributed by atoms with E-state index in [9.17, 15) is 14.0 Å². The number of H-pyrrole nitrogens is 1. The van der Waals surface area contributed by atoms with Crippen LogP contribution < -0.4 is 5.56 Å². The second-order valence-electron chi connectivity index (χ2n) is 8.01. The molecular weight excluding hydrogens is 455 g/mol. The van der Waals surface area contributed by atoms with Gasteiger partial charge in [-0.15, -0.1) is 0 Å². The molecule has 1 aliphatic rings. The van der Waals surface area contributed by atoms with Crippen molar-refractivity contribution in [3.63, 3.8) is 0 Å². The fourth-order valence-electron chi connectivity index (χ4n) is 3.75. The van der Waals surface area contributed by atoms with Crippen LogP contribution in [0.2, 0.25) is 0 Å². The predicted molar refractivity (Wildman–Crippen MR) is 115 cm³/mol. The molecule has 1 N–H and O–H groups in total. The second-order valence-corrected chi connectivity index (χ2v) is 8.86. The molecule has 1 aromatic carbocycles. The highest BCUT2D eigenvalue weighted by Gasteiger charge is 2.30. The van der Waals surface area contributed by atoms with Crippen LogP contribution >= 0.6 is 15.9 Å². The van der Waals surface area contributed by atoms with E-state index < -0.39 is 11.4 Å². The van der Waals surface area contributed by atoms with Crippen molar-refractivity contribution >= 4 is 38.6 Å². The van der Waals surface area contributed by atoms with Crippen LogP contribution in [-0.2, 0) is 4.74 Å². The summed E-state index contributed by atoms with van der Waals surface area (Å²) >= 11 is 3.42. The van der Waals surface area contributed by atoms with Crippen molar-refractivity contribution in [1.29, 1.82) is 0 Å². The number of fused-ring (bicyclic) bond motifs is 3. The summed E-state index contributed by atoms with van der Waals surface area (Å²) in [6.07, 6.45) is 2.49. The van der Waals surface area contributed by atoms with Crippen LogP contribution in [0.3, 0.4) is 0 Å². The molecule has 0 saturated carbocycles. The van der Waals surface area contributed by atoms with Gasteiger partial charge >= 0.3 is 6.09 Å². The largest absolute Gasteiger partial charge is 0.439 e. The Balaban J connectivity index is 1.64. The molecule has 0 radical (unpaired) electrons. The van der Waals surface area contributed by atoms with Gasteiger partial charge in [-0.1, -0.05) is 6.58 Å². The lowest BCUT2D eigenvalue weighted by Crippen LogP contribution is -2.41. The average molecular weight is 477 g/mol. The summed E-state index contributed by atoms with van der Waals surface area (Å²) in [5.41, 5.74) is 0.341. The summed E-state index contributed by atoms with van der Waals surface area (Å²) in [5, 5.41) is 4.96. The summed E-state index contributed by atoms with van der Waals surface area (Å²) in [6.45, 7) is 8.21. The number of likely N-dealkylation sites (tertiary alicyclic amines) is 1. The van der Waals surface area contributed by atoms with Gasteiger partial charge in [0.1, 0.15) is 16.8 Å². The van der Waals surface area contributed by atoms with Crippen molar-refractivity contribution in [1.82, 2.24) is 19.5 Å². The zero-order chi connectivity index (χ0) is 21.6. The molecule has 3 heterocycles. The topological polar surface area (TPSA) is 79.7 Å². The molecule has 0 aliphatic carbocycles. The van der Waals surface area contributed by atoms with Crippen molar-refractivity contribution in [2.75, 3.05) is 13.1 Å². The number of carbonyl (C=O) groups excluding carboxylic acids is 1. The van der Waals surface area contributed by atoms with Crippen molar-refractivity contribution in [3.8, 4) is 0 Å². The monoisotopic (exact) mass is 476 g/mol. The Bertz CT molecular complexity index is 1210. The minimum Gasteiger partial charge on any atom is -0.439 e. The molecule has 0 atom stereocenters. The Kier molecular flexibility index (Phi) is 5.17. The first kappa shape index (κ1) is 20.6. The Hall–Kier alpha value is -2.68. The van der Waals surface area contributed by atoms with Crippen molar-refractivity contribution in [2.45, 2.75) is 38.2 Å². The molecule has 1 aliphatic heterocycles. The van der Waals surface area contributed by atoms with E-state index in [-0.39, 0.29) is 23.1 Å². The summed E-state index contributed by atoms with van der Waals surface area (Å²) in [4.78, 5) is 29.2. The molecule has 0 unspecified atom stereocenters. The molecule has 158 valence electrons. The van der Waals surface area contributed by atoms with Crippen molar-refractivity contribution in [2.24, 2.45) is 0 Å². The fourth-order valence-corrected chi connectivity index (χ4v) is 4.26. The zero-order valence-corrected chi connectivity index (χ0v) is 18.3. The Morgan fingerprint density at radius 2 is 2.10 bits per heavy atom. The molecule has 30 heavy (non-hydrogen) atoms. The lowest BCUT2D eigenvalue weighted by atomic mass is 9.93. The standard InChI is InChI=1S/C21H22BrFN4O3/c1-4-21(2,3)30-20(29)26-9-7-12(8-10-26)15-11-16(28)24-19-17-13(22)5-6-14(23)18(17)25-27(15)19/h4-6,11-12H,1,7-10H2,2-3H3,(H,24,28). The molecule has 0 bridgehead atoms. The number of amides is 1. The maximum Gasteiger partial charge on any atom is 0.410 e. The first-order valence-electron chi connectivity index (χ1n) is 9.71. The number of rotatable bonds is 3. The number of halogens is 2. The number of aromatic nitrogens is 3. The van der Waals surface area contributed by atoms with E-state index in [1.54, 1.807) is 35.4 Å². The van der Waals surface area contributed by atoms with E-state index in [1.807, 2.05) is 0 Å². The molecule has 1 amide bonds. The van der Waals surface area contributed by atoms with Gasteiger partial charge in [-0.2, -0.15) is 5.10 Å². The van der Waals surface area contributed by atoms with Gasteiger partial charge < -0.3 is 14.6 Å². The second kappa shape index (κ2) is 7.54. The van der Waals surface area contributed by atoms with Crippen LogP contribution in [0.1, 0.15) is 38.3 Å². The number of nitrogens with one attached hydrogen (secondary N) is 1. The Morgan fingerprint density at radius 3 is 2.77 bits per heavy atom. The van der Waals surface area contributed by atoms with Crippen molar-refractivity contribution in [3.05, 3.63) is 57.2 Å². The average Bonchev–Trinajstić information content (AvgIpc) is 3.10. The van der Waals surface area contributed by atoms with E-state index in [1.165, 1.54) is 12.1 Å². The zero-order valence-electron chi connectivity index (χ0n) is 16.7. The van der Waals surface area contributed by atoms with E-state index in [4.69, 9.17) is 4.74 Å². The fraction of sp³-hybridized carbons (Fsp3) is 0.381. The van der Waals surface area contributed by atoms with Gasteiger partial charge in [-0.05, 0) is 60.8 Å². The normalized spacial score (nSPS) is 15.7. The SMILES string of the molecule is C=CC(C)(C)OC(=O)N1CCC(c2cc(=O)[nH]c3c4c(Br)ccc(F)c4nn23)CC1. The van der Waals surface area contributed by atoms with Gasteiger partial charge in [-0.25, -0.2) is 13.7 Å². The maximum absolute atomic E-state index is 14.3. The van der Waals surface area contributed by atoms with Gasteiger partial charge in [0, 0.05) is 29.5 Å². The van der Waals surface area contributed by atoms with Crippen LogP contribution in [0.5, 0.6) is 0 Å². The lowest BCUT2D eigenvalue weighted by Gasteiger charge is -2.33. The molecule has 9 heteroatoms. The number of hydrogen-bond donors (Lipinski definition) is 1. The molecule has 2 aromatic heterocycles. The predicted octanol–water partition coefficient (Wildman–Crippen LogP) is 4.36. The van der Waals surface area contributed by atoms with Crippen LogP contribution in [0, 0.1) is 5.82 Å². The van der Waals surface area contributed by atoms with Gasteiger partial charge in [0.05, 0.1) is 11.1 Å². The Labute approximate surface area is 180 Å². The highest BCUT2D eigenvalue weighted by atomic mass is 79.9. The molecule has 1 fully saturated rings. The molecular formula is C21H22BrFN4O3. The lowest BCUT2D eigenvalue weighted by molar-refractivity contribution is 0.0357. The van der Waals surface area contributed by atoms with Crippen LogP contribution in [0.25, 0.3) is 16.6 Å². The van der Waals surface area contributed by atoms with E-state index in [0.717, 1.165) is 0 Å². The van der Waals surface area contributed by atoms with Gasteiger partial charge in [0.2, 0.25) is 0 Å². The molecule has 4 rings (SSSR count). The van der Waals surface area contributed by atoms with Crippen LogP contribution in [0.4, 0.5) is 9.18 Å². The number of benzene rings is 1. The van der Waals surface area contributed by atoms with Gasteiger partial charge in [0.15, 0.2) is 5.82 Å². The van der Waals surface area contributed by atoms with Crippen molar-refractivity contribution < 1.29 is 13.9 Å². The minimum atomic E-state index is -0.737. The third-order valence-electron chi connectivity index (χ3n) is 5.50. The van der Waals surface area contributed by atoms with E-state index in [2.05, 4.69) is 32.6 Å². The summed E-state index contributed by atoms with van der Waals surface area (Å²) in [5.74, 6) is -0.450.